The van der Waals surface area contributed by atoms with Crippen molar-refractivity contribution in [2.45, 2.75) is 58.7 Å². The van der Waals surface area contributed by atoms with E-state index in [0.717, 1.165) is 23.6 Å². The molecule has 0 atom stereocenters. The Morgan fingerprint density at radius 1 is 1.31 bits per heavy atom. The van der Waals surface area contributed by atoms with Gasteiger partial charge in [0.2, 0.25) is 0 Å². The van der Waals surface area contributed by atoms with E-state index in [9.17, 15) is 5.21 Å². The van der Waals surface area contributed by atoms with Crippen molar-refractivity contribution in [3.05, 3.63) is 0 Å². The molecule has 0 aromatic heterocycles. The molecular weight excluding hydrogens is 164 g/mol. The molecule has 1 heterocycles. The highest BCUT2D eigenvalue weighted by atomic mass is 16.5. The molecule has 1 rings (SSSR count). The zero-order valence-electron chi connectivity index (χ0n) is 9.22. The van der Waals surface area contributed by atoms with E-state index in [0.29, 0.717) is 0 Å². The van der Waals surface area contributed by atoms with Crippen LogP contribution in [-0.4, -0.2) is 22.0 Å². The van der Waals surface area contributed by atoms with E-state index in [4.69, 9.17) is 0 Å². The van der Waals surface area contributed by atoms with E-state index in [2.05, 4.69) is 18.8 Å². The normalized spacial score (nSPS) is 26.2. The molecule has 3 nitrogen and oxygen atoms in total. The number of hydrogen-bond donors (Lipinski definition) is 0. The zero-order chi connectivity index (χ0) is 10.3. The Labute approximate surface area is 80.4 Å². The lowest BCUT2D eigenvalue weighted by molar-refractivity contribution is -0.250. The van der Waals surface area contributed by atoms with E-state index in [-0.39, 0.29) is 5.54 Å². The molecular formula is C10H19N2O. The van der Waals surface area contributed by atoms with Crippen molar-refractivity contribution in [2.24, 2.45) is 4.99 Å². The molecule has 0 aromatic carbocycles. The highest BCUT2D eigenvalue weighted by Gasteiger charge is 2.50. The van der Waals surface area contributed by atoms with Gasteiger partial charge in [-0.15, -0.1) is 10.3 Å². The van der Waals surface area contributed by atoms with Gasteiger partial charge in [-0.25, -0.2) is 0 Å². The van der Waals surface area contributed by atoms with Crippen LogP contribution in [0.5, 0.6) is 0 Å². The lowest BCUT2D eigenvalue weighted by Crippen LogP contribution is -2.52. The number of hydrogen-bond acceptors (Lipinski definition) is 2. The van der Waals surface area contributed by atoms with Crippen LogP contribution in [-0.2, 0) is 5.21 Å². The van der Waals surface area contributed by atoms with Gasteiger partial charge in [0.1, 0.15) is 5.66 Å². The third-order valence-electron chi connectivity index (χ3n) is 3.17. The monoisotopic (exact) mass is 183 g/mol. The summed E-state index contributed by atoms with van der Waals surface area (Å²) in [4.78, 5) is 4.43. The average Bonchev–Trinajstić information content (AvgIpc) is 2.22. The van der Waals surface area contributed by atoms with E-state index in [1.807, 2.05) is 20.8 Å². The molecule has 0 aliphatic carbocycles. The minimum absolute atomic E-state index is 0.344. The number of rotatable bonds is 2. The summed E-state index contributed by atoms with van der Waals surface area (Å²) in [6.45, 7) is 9.81. The van der Waals surface area contributed by atoms with Gasteiger partial charge in [-0.05, 0) is 33.6 Å². The largest absolute Gasteiger partial charge is 0.268 e. The minimum Gasteiger partial charge on any atom is -0.268 e. The molecule has 0 unspecified atom stereocenters. The molecule has 0 bridgehead atoms. The highest BCUT2D eigenvalue weighted by Crippen LogP contribution is 2.38. The molecule has 0 amide bonds. The number of hydroxylamine groups is 2. The number of nitrogens with zero attached hydrogens (tertiary/aromatic N) is 2. The van der Waals surface area contributed by atoms with Crippen molar-refractivity contribution in [2.75, 3.05) is 0 Å². The Kier molecular flexibility index (Phi) is 2.52. The molecule has 0 saturated heterocycles. The van der Waals surface area contributed by atoms with Gasteiger partial charge in [-0.1, -0.05) is 13.8 Å². The van der Waals surface area contributed by atoms with Crippen molar-refractivity contribution in [1.82, 2.24) is 5.06 Å². The Hall–Kier alpha value is -0.410. The minimum atomic E-state index is -0.573. The lowest BCUT2D eigenvalue weighted by Gasteiger charge is -2.35. The molecule has 13 heavy (non-hydrogen) atoms. The summed E-state index contributed by atoms with van der Waals surface area (Å²) in [5, 5.41) is 13.2. The summed E-state index contributed by atoms with van der Waals surface area (Å²) >= 11 is 0. The van der Waals surface area contributed by atoms with Gasteiger partial charge in [-0.3, -0.25) is 4.99 Å². The maximum absolute atomic E-state index is 12.0. The molecule has 0 fully saturated rings. The average molecular weight is 183 g/mol. The molecule has 3 heteroatoms. The summed E-state index contributed by atoms with van der Waals surface area (Å²) in [5.74, 6) is 0. The highest BCUT2D eigenvalue weighted by molar-refractivity contribution is 5.93. The Morgan fingerprint density at radius 2 is 1.77 bits per heavy atom. The third-order valence-corrected chi connectivity index (χ3v) is 3.17. The van der Waals surface area contributed by atoms with Crippen molar-refractivity contribution >= 4 is 5.71 Å². The predicted octanol–water partition coefficient (Wildman–Crippen LogP) is 2.40. The SMILES string of the molecule is CCC1(CC)C(C)=NC(C)(C)N1[O]. The predicted molar refractivity (Wildman–Crippen MR) is 53.0 cm³/mol. The fourth-order valence-electron chi connectivity index (χ4n) is 2.28. The standard InChI is InChI=1S/C10H19N2O/c1-6-10(7-2)8(3)11-9(4,5)12(10)13/h6-7H2,1-5H3. The van der Waals surface area contributed by atoms with Crippen LogP contribution >= 0.6 is 0 Å². The quantitative estimate of drug-likeness (QED) is 0.647. The van der Waals surface area contributed by atoms with Gasteiger partial charge in [0.15, 0.2) is 0 Å². The summed E-state index contributed by atoms with van der Waals surface area (Å²) < 4.78 is 0. The molecule has 0 aromatic rings. The molecule has 1 aliphatic heterocycles. The van der Waals surface area contributed by atoms with Gasteiger partial charge in [0.25, 0.3) is 0 Å². The third kappa shape index (κ3) is 1.30. The summed E-state index contributed by atoms with van der Waals surface area (Å²) in [6.07, 6.45) is 1.68. The Balaban J connectivity index is 3.09. The summed E-state index contributed by atoms with van der Waals surface area (Å²) in [5.41, 5.74) is 0.0667. The van der Waals surface area contributed by atoms with Gasteiger partial charge in [0.05, 0.1) is 5.54 Å². The molecule has 75 valence electrons. The zero-order valence-corrected chi connectivity index (χ0v) is 9.22. The molecule has 1 aliphatic rings. The summed E-state index contributed by atoms with van der Waals surface area (Å²) in [6, 6.07) is 0. The smallest absolute Gasteiger partial charge is 0.134 e. The topological polar surface area (TPSA) is 35.5 Å². The second-order valence-corrected chi connectivity index (χ2v) is 4.22. The fourth-order valence-corrected chi connectivity index (χ4v) is 2.28. The fraction of sp³-hybridized carbons (Fsp3) is 0.900. The van der Waals surface area contributed by atoms with Crippen molar-refractivity contribution in [1.29, 1.82) is 0 Å². The van der Waals surface area contributed by atoms with E-state index in [1.54, 1.807) is 0 Å². The first-order valence-electron chi connectivity index (χ1n) is 4.95. The molecule has 0 spiro atoms. The molecule has 1 radical (unpaired) electrons. The van der Waals surface area contributed by atoms with Gasteiger partial charge >= 0.3 is 0 Å². The second kappa shape index (κ2) is 3.07. The van der Waals surface area contributed by atoms with Crippen LogP contribution in [0.25, 0.3) is 0 Å². The van der Waals surface area contributed by atoms with Crippen LogP contribution in [0.3, 0.4) is 0 Å². The van der Waals surface area contributed by atoms with Crippen LogP contribution < -0.4 is 0 Å². The maximum atomic E-state index is 12.0. The lowest BCUT2D eigenvalue weighted by atomic mass is 9.88. The van der Waals surface area contributed by atoms with Crippen LogP contribution in [0.4, 0.5) is 0 Å². The van der Waals surface area contributed by atoms with E-state index < -0.39 is 5.66 Å². The number of aliphatic imine (C=N–C) groups is 1. The van der Waals surface area contributed by atoms with Crippen LogP contribution in [0.15, 0.2) is 4.99 Å². The van der Waals surface area contributed by atoms with E-state index >= 15 is 0 Å². The van der Waals surface area contributed by atoms with Crippen LogP contribution in [0.2, 0.25) is 0 Å². The van der Waals surface area contributed by atoms with E-state index in [1.165, 1.54) is 0 Å². The van der Waals surface area contributed by atoms with Crippen molar-refractivity contribution in [3.63, 3.8) is 0 Å². The van der Waals surface area contributed by atoms with Crippen molar-refractivity contribution < 1.29 is 5.21 Å². The van der Waals surface area contributed by atoms with Crippen LogP contribution in [0, 0.1) is 0 Å². The van der Waals surface area contributed by atoms with Crippen molar-refractivity contribution in [3.8, 4) is 0 Å². The van der Waals surface area contributed by atoms with Crippen LogP contribution in [0.1, 0.15) is 47.5 Å². The maximum Gasteiger partial charge on any atom is 0.134 e. The summed E-state index contributed by atoms with van der Waals surface area (Å²) in [7, 11) is 0. The van der Waals surface area contributed by atoms with Gasteiger partial charge in [0, 0.05) is 5.71 Å². The first-order chi connectivity index (χ1) is 5.90. The first-order valence-corrected chi connectivity index (χ1v) is 4.95. The van der Waals surface area contributed by atoms with Gasteiger partial charge in [-0.2, -0.15) is 0 Å². The Morgan fingerprint density at radius 3 is 1.92 bits per heavy atom. The molecule has 0 N–H and O–H groups in total. The Bertz CT molecular complexity index is 229. The second-order valence-electron chi connectivity index (χ2n) is 4.22. The van der Waals surface area contributed by atoms with Gasteiger partial charge < -0.3 is 0 Å². The first kappa shape index (κ1) is 10.7. The molecule has 0 saturated carbocycles.